The summed E-state index contributed by atoms with van der Waals surface area (Å²) in [6.45, 7) is 2.09. The Hall–Kier alpha value is 0.800. The highest BCUT2D eigenvalue weighted by Crippen LogP contribution is 2.40. The first-order chi connectivity index (χ1) is 8.93. The van der Waals surface area contributed by atoms with Crippen LogP contribution >= 0.6 is 75.1 Å². The molecule has 0 aliphatic rings. The highest BCUT2D eigenvalue weighted by atomic mass is 79.9. The summed E-state index contributed by atoms with van der Waals surface area (Å²) in [6, 6.07) is 6.62. The van der Waals surface area contributed by atoms with Crippen LogP contribution in [0.3, 0.4) is 0 Å². The molecule has 1 nitrogen and oxygen atoms in total. The van der Waals surface area contributed by atoms with Crippen molar-refractivity contribution in [2.45, 2.75) is 13.0 Å². The van der Waals surface area contributed by atoms with Crippen molar-refractivity contribution in [3.63, 3.8) is 0 Å². The summed E-state index contributed by atoms with van der Waals surface area (Å²) >= 11 is 16.1. The molecule has 2 rings (SSSR count). The number of rotatable bonds is 3. The van der Waals surface area contributed by atoms with Crippen molar-refractivity contribution in [2.24, 2.45) is 0 Å². The van der Waals surface area contributed by atoms with Crippen molar-refractivity contribution >= 4 is 75.1 Å². The predicted octanol–water partition coefficient (Wildman–Crippen LogP) is 6.42. The summed E-state index contributed by atoms with van der Waals surface area (Å²) in [6.07, 6.45) is 0. The first-order valence-corrected chi connectivity index (χ1v) is 9.50. The SMILES string of the molecule is CNC(c1cc(Br)c(Br)s1)c1cc(Br)c(C)cc1Br. The Morgan fingerprint density at radius 2 is 1.68 bits per heavy atom. The first kappa shape index (κ1) is 16.2. The average molecular weight is 533 g/mol. The lowest BCUT2D eigenvalue weighted by atomic mass is 10.0. The Bertz CT molecular complexity index is 589. The first-order valence-electron chi connectivity index (χ1n) is 5.51. The summed E-state index contributed by atoms with van der Waals surface area (Å²) in [4.78, 5) is 1.26. The van der Waals surface area contributed by atoms with E-state index in [9.17, 15) is 0 Å². The van der Waals surface area contributed by atoms with Gasteiger partial charge < -0.3 is 5.32 Å². The fourth-order valence-corrected chi connectivity index (χ4v) is 5.11. The second kappa shape index (κ2) is 6.71. The third kappa shape index (κ3) is 3.52. The van der Waals surface area contributed by atoms with E-state index in [0.717, 1.165) is 17.2 Å². The lowest BCUT2D eigenvalue weighted by Gasteiger charge is -2.18. The zero-order valence-corrected chi connectivity index (χ0v) is 17.4. The number of hydrogen-bond acceptors (Lipinski definition) is 2. The summed E-state index contributed by atoms with van der Waals surface area (Å²) < 4.78 is 4.45. The molecule has 0 amide bonds. The monoisotopic (exact) mass is 529 g/mol. The number of nitrogens with one attached hydrogen (secondary N) is 1. The fraction of sp³-hybridized carbons (Fsp3) is 0.231. The largest absolute Gasteiger partial charge is 0.309 e. The van der Waals surface area contributed by atoms with Crippen LogP contribution in [0.4, 0.5) is 0 Å². The van der Waals surface area contributed by atoms with Gasteiger partial charge in [-0.25, -0.2) is 0 Å². The molecule has 1 heterocycles. The van der Waals surface area contributed by atoms with Gasteiger partial charge in [0.1, 0.15) is 0 Å². The van der Waals surface area contributed by atoms with Gasteiger partial charge in [-0.2, -0.15) is 0 Å². The molecule has 1 aromatic carbocycles. The third-order valence-electron chi connectivity index (χ3n) is 2.83. The van der Waals surface area contributed by atoms with Gasteiger partial charge in [-0.15, -0.1) is 11.3 Å². The Balaban J connectivity index is 2.50. The van der Waals surface area contributed by atoms with Gasteiger partial charge in [-0.3, -0.25) is 0 Å². The van der Waals surface area contributed by atoms with Crippen molar-refractivity contribution in [2.75, 3.05) is 7.05 Å². The number of halogens is 4. The summed E-state index contributed by atoms with van der Waals surface area (Å²) in [7, 11) is 1.98. The molecular weight excluding hydrogens is 522 g/mol. The van der Waals surface area contributed by atoms with Crippen LogP contribution in [0.25, 0.3) is 0 Å². The van der Waals surface area contributed by atoms with E-state index in [1.807, 2.05) is 7.05 Å². The molecule has 0 saturated heterocycles. The normalized spacial score (nSPS) is 12.7. The van der Waals surface area contributed by atoms with E-state index in [4.69, 9.17) is 0 Å². The number of hydrogen-bond donors (Lipinski definition) is 1. The quantitative estimate of drug-likeness (QED) is 0.481. The zero-order valence-electron chi connectivity index (χ0n) is 10.2. The van der Waals surface area contributed by atoms with Crippen LogP contribution in [-0.2, 0) is 0 Å². The molecule has 1 N–H and O–H groups in total. The molecule has 1 atom stereocenters. The standard InChI is InChI=1S/C13H11Br4NS/c1-6-3-9(15)7(4-8(6)14)12(18-2)11-5-10(16)13(17)19-11/h3-5,12,18H,1-2H3. The van der Waals surface area contributed by atoms with Crippen molar-refractivity contribution in [1.29, 1.82) is 0 Å². The average Bonchev–Trinajstić information content (AvgIpc) is 2.67. The minimum absolute atomic E-state index is 0.166. The van der Waals surface area contributed by atoms with Crippen LogP contribution in [0, 0.1) is 6.92 Å². The van der Waals surface area contributed by atoms with Gasteiger partial charge in [0.15, 0.2) is 0 Å². The van der Waals surface area contributed by atoms with Gasteiger partial charge in [-0.05, 0) is 75.2 Å². The molecule has 0 aliphatic carbocycles. The van der Waals surface area contributed by atoms with E-state index in [1.54, 1.807) is 11.3 Å². The summed E-state index contributed by atoms with van der Waals surface area (Å²) in [5.74, 6) is 0. The Morgan fingerprint density at radius 3 is 2.21 bits per heavy atom. The van der Waals surface area contributed by atoms with Gasteiger partial charge >= 0.3 is 0 Å². The second-order valence-corrected chi connectivity index (χ2v) is 9.08. The molecule has 0 fully saturated rings. The maximum Gasteiger partial charge on any atom is 0.0843 e. The minimum Gasteiger partial charge on any atom is -0.309 e. The molecule has 19 heavy (non-hydrogen) atoms. The van der Waals surface area contributed by atoms with Crippen LogP contribution in [0.2, 0.25) is 0 Å². The highest BCUT2D eigenvalue weighted by Gasteiger charge is 2.19. The van der Waals surface area contributed by atoms with E-state index in [-0.39, 0.29) is 6.04 Å². The van der Waals surface area contributed by atoms with Gasteiger partial charge in [0.2, 0.25) is 0 Å². The van der Waals surface area contributed by atoms with Gasteiger partial charge in [0, 0.05) is 18.3 Å². The van der Waals surface area contributed by atoms with Gasteiger partial charge in [0.25, 0.3) is 0 Å². The molecule has 0 radical (unpaired) electrons. The van der Waals surface area contributed by atoms with E-state index >= 15 is 0 Å². The summed E-state index contributed by atoms with van der Waals surface area (Å²) in [5.41, 5.74) is 2.44. The number of aryl methyl sites for hydroxylation is 1. The number of benzene rings is 1. The van der Waals surface area contributed by atoms with Crippen LogP contribution < -0.4 is 5.32 Å². The molecule has 102 valence electrons. The molecule has 0 bridgehead atoms. The topological polar surface area (TPSA) is 12.0 Å². The molecule has 0 saturated carbocycles. The summed E-state index contributed by atoms with van der Waals surface area (Å²) in [5, 5.41) is 3.38. The van der Waals surface area contributed by atoms with Gasteiger partial charge in [0.05, 0.1) is 9.83 Å². The van der Waals surface area contributed by atoms with Gasteiger partial charge in [-0.1, -0.05) is 31.9 Å². The second-order valence-electron chi connectivity index (χ2n) is 4.12. The van der Waals surface area contributed by atoms with Crippen molar-refractivity contribution < 1.29 is 0 Å². The molecule has 0 spiro atoms. The van der Waals surface area contributed by atoms with Crippen molar-refractivity contribution in [3.8, 4) is 0 Å². The molecule has 1 aromatic heterocycles. The maximum atomic E-state index is 3.67. The van der Waals surface area contributed by atoms with Crippen LogP contribution in [0.5, 0.6) is 0 Å². The minimum atomic E-state index is 0.166. The Kier molecular flexibility index (Phi) is 5.71. The van der Waals surface area contributed by atoms with Crippen LogP contribution in [0.1, 0.15) is 22.0 Å². The van der Waals surface area contributed by atoms with E-state index in [2.05, 4.69) is 94.2 Å². The zero-order chi connectivity index (χ0) is 14.2. The molecule has 6 heteroatoms. The Morgan fingerprint density at radius 1 is 1.00 bits per heavy atom. The van der Waals surface area contributed by atoms with Crippen LogP contribution in [0.15, 0.2) is 35.4 Å². The molecule has 2 aromatic rings. The lowest BCUT2D eigenvalue weighted by molar-refractivity contribution is 0.700. The van der Waals surface area contributed by atoms with Crippen molar-refractivity contribution in [3.05, 3.63) is 51.4 Å². The molecular formula is C13H11Br4NS. The van der Waals surface area contributed by atoms with Crippen molar-refractivity contribution in [1.82, 2.24) is 5.32 Å². The third-order valence-corrected chi connectivity index (χ3v) is 7.69. The number of thiophene rings is 1. The van der Waals surface area contributed by atoms with E-state index in [1.165, 1.54) is 16.0 Å². The molecule has 1 unspecified atom stereocenters. The smallest absolute Gasteiger partial charge is 0.0843 e. The molecule has 0 aliphatic heterocycles. The fourth-order valence-electron chi connectivity index (χ4n) is 1.84. The van der Waals surface area contributed by atoms with E-state index < -0.39 is 0 Å². The maximum absolute atomic E-state index is 3.67. The predicted molar refractivity (Wildman–Crippen MR) is 97.2 cm³/mol. The Labute approximate surface area is 150 Å². The van der Waals surface area contributed by atoms with Crippen LogP contribution in [-0.4, -0.2) is 7.05 Å². The highest BCUT2D eigenvalue weighted by molar-refractivity contribution is 9.13. The van der Waals surface area contributed by atoms with E-state index in [0.29, 0.717) is 0 Å². The lowest BCUT2D eigenvalue weighted by Crippen LogP contribution is -2.17.